The third kappa shape index (κ3) is 4.64. The first-order chi connectivity index (χ1) is 11.8. The summed E-state index contributed by atoms with van der Waals surface area (Å²) < 4.78 is 53.9. The molecule has 0 N–H and O–H groups in total. The third-order valence-electron chi connectivity index (χ3n) is 3.26. The largest absolute Gasteiger partial charge is 0.465 e. The Morgan fingerprint density at radius 2 is 1.72 bits per heavy atom. The summed E-state index contributed by atoms with van der Waals surface area (Å²) in [4.78, 5) is 11.7. The minimum absolute atomic E-state index is 0.0362. The molecule has 0 bridgehead atoms. The van der Waals surface area contributed by atoms with E-state index in [1.807, 2.05) is 0 Å². The second kappa shape index (κ2) is 7.76. The molecule has 0 atom stereocenters. The maximum Gasteiger partial charge on any atom is 0.417 e. The van der Waals surface area contributed by atoms with E-state index in [1.54, 1.807) is 0 Å². The Bertz CT molecular complexity index is 775. The molecule has 0 unspecified atom stereocenters. The Balaban J connectivity index is 2.34. The lowest BCUT2D eigenvalue weighted by Gasteiger charge is -2.13. The number of benzene rings is 2. The van der Waals surface area contributed by atoms with E-state index in [0.29, 0.717) is 5.56 Å². The fourth-order valence-corrected chi connectivity index (χ4v) is 2.36. The van der Waals surface area contributed by atoms with Crippen LogP contribution in [0.5, 0.6) is 11.5 Å². The first-order valence-corrected chi connectivity index (χ1v) is 7.39. The smallest absolute Gasteiger partial charge is 0.417 e. The highest BCUT2D eigenvalue weighted by Gasteiger charge is 2.33. The number of rotatable bonds is 5. The van der Waals surface area contributed by atoms with Gasteiger partial charge in [-0.1, -0.05) is 11.6 Å². The fourth-order valence-electron chi connectivity index (χ4n) is 2.14. The Labute approximate surface area is 147 Å². The molecule has 0 amide bonds. The van der Waals surface area contributed by atoms with Crippen LogP contribution in [0.1, 0.15) is 21.5 Å². The van der Waals surface area contributed by atoms with Gasteiger partial charge in [0.15, 0.2) is 0 Å². The van der Waals surface area contributed by atoms with Crippen molar-refractivity contribution in [1.29, 1.82) is 0 Å². The molecule has 0 heterocycles. The Kier molecular flexibility index (Phi) is 5.92. The molecule has 0 aliphatic heterocycles. The number of carbonyl (C=O) groups excluding carboxylic acids is 1. The van der Waals surface area contributed by atoms with E-state index in [4.69, 9.17) is 21.1 Å². The van der Waals surface area contributed by atoms with Gasteiger partial charge in [-0.2, -0.15) is 13.2 Å². The van der Waals surface area contributed by atoms with Gasteiger partial charge in [-0.3, -0.25) is 0 Å². The maximum atomic E-state index is 12.9. The molecule has 0 spiro atoms. The molecule has 2 aromatic carbocycles. The standard InChI is InChI=1S/C17H14ClF3O4/c1-23-9-10-7-11(3-5-13(10)16(22)24-2)25-12-4-6-15(18)14(8-12)17(19,20)21/h3-8H,9H2,1-2H3. The SMILES string of the molecule is COCc1cc(Oc2ccc(Cl)c(C(F)(F)F)c2)ccc1C(=O)OC. The molecule has 0 aliphatic carbocycles. The molecular formula is C17H14ClF3O4. The lowest BCUT2D eigenvalue weighted by Crippen LogP contribution is -2.07. The molecule has 134 valence electrons. The van der Waals surface area contributed by atoms with Crippen molar-refractivity contribution >= 4 is 17.6 Å². The minimum Gasteiger partial charge on any atom is -0.465 e. The van der Waals surface area contributed by atoms with Crippen LogP contribution in [0.25, 0.3) is 0 Å². The molecule has 0 aromatic heterocycles. The zero-order valence-corrected chi connectivity index (χ0v) is 14.1. The summed E-state index contributed by atoms with van der Waals surface area (Å²) in [5.41, 5.74) is -0.226. The Morgan fingerprint density at radius 1 is 1.08 bits per heavy atom. The summed E-state index contributed by atoms with van der Waals surface area (Å²) >= 11 is 5.58. The van der Waals surface area contributed by atoms with Crippen LogP contribution in [-0.4, -0.2) is 20.2 Å². The lowest BCUT2D eigenvalue weighted by molar-refractivity contribution is -0.137. The van der Waals surface area contributed by atoms with Crippen molar-refractivity contribution in [2.24, 2.45) is 0 Å². The van der Waals surface area contributed by atoms with Gasteiger partial charge in [0.2, 0.25) is 0 Å². The lowest BCUT2D eigenvalue weighted by atomic mass is 10.1. The molecular weight excluding hydrogens is 361 g/mol. The molecule has 0 fully saturated rings. The van der Waals surface area contributed by atoms with E-state index < -0.39 is 22.7 Å². The maximum absolute atomic E-state index is 12.9. The molecule has 2 aromatic rings. The Hall–Kier alpha value is -2.25. The third-order valence-corrected chi connectivity index (χ3v) is 3.59. The fraction of sp³-hybridized carbons (Fsp3) is 0.235. The van der Waals surface area contributed by atoms with Crippen molar-refractivity contribution in [3.05, 3.63) is 58.1 Å². The second-order valence-corrected chi connectivity index (χ2v) is 5.39. The number of carbonyl (C=O) groups is 1. The van der Waals surface area contributed by atoms with Crippen molar-refractivity contribution < 1.29 is 32.2 Å². The van der Waals surface area contributed by atoms with Gasteiger partial charge in [-0.05, 0) is 42.0 Å². The molecule has 4 nitrogen and oxygen atoms in total. The molecule has 25 heavy (non-hydrogen) atoms. The van der Waals surface area contributed by atoms with E-state index >= 15 is 0 Å². The van der Waals surface area contributed by atoms with Gasteiger partial charge < -0.3 is 14.2 Å². The van der Waals surface area contributed by atoms with E-state index in [0.717, 1.165) is 12.1 Å². The average molecular weight is 375 g/mol. The van der Waals surface area contributed by atoms with Crippen LogP contribution in [0, 0.1) is 0 Å². The predicted molar refractivity (Wildman–Crippen MR) is 85.0 cm³/mol. The van der Waals surface area contributed by atoms with E-state index in [1.165, 1.54) is 38.5 Å². The van der Waals surface area contributed by atoms with Crippen molar-refractivity contribution in [3.63, 3.8) is 0 Å². The quantitative estimate of drug-likeness (QED) is 0.684. The number of halogens is 4. The van der Waals surface area contributed by atoms with Crippen LogP contribution in [0.15, 0.2) is 36.4 Å². The van der Waals surface area contributed by atoms with Gasteiger partial charge in [-0.15, -0.1) is 0 Å². The van der Waals surface area contributed by atoms with Crippen molar-refractivity contribution in [3.8, 4) is 11.5 Å². The highest BCUT2D eigenvalue weighted by atomic mass is 35.5. The van der Waals surface area contributed by atoms with Crippen molar-refractivity contribution in [2.75, 3.05) is 14.2 Å². The molecule has 0 saturated heterocycles. The molecule has 2 rings (SSSR count). The van der Waals surface area contributed by atoms with Gasteiger partial charge in [0.05, 0.1) is 29.9 Å². The van der Waals surface area contributed by atoms with Crippen molar-refractivity contribution in [1.82, 2.24) is 0 Å². The number of hydrogen-bond acceptors (Lipinski definition) is 4. The highest BCUT2D eigenvalue weighted by molar-refractivity contribution is 6.31. The molecule has 0 saturated carbocycles. The summed E-state index contributed by atoms with van der Waals surface area (Å²) in [6, 6.07) is 7.65. The van der Waals surface area contributed by atoms with Crippen molar-refractivity contribution in [2.45, 2.75) is 12.8 Å². The minimum atomic E-state index is -4.59. The zero-order chi connectivity index (χ0) is 18.6. The van der Waals surface area contributed by atoms with Crippen LogP contribution in [0.3, 0.4) is 0 Å². The summed E-state index contributed by atoms with van der Waals surface area (Å²) in [5.74, 6) is -0.342. The van der Waals surface area contributed by atoms with Crippen LogP contribution >= 0.6 is 11.6 Å². The van der Waals surface area contributed by atoms with E-state index in [9.17, 15) is 18.0 Å². The first-order valence-electron chi connectivity index (χ1n) is 7.01. The Morgan fingerprint density at radius 3 is 2.32 bits per heavy atom. The van der Waals surface area contributed by atoms with Crippen LogP contribution in [0.2, 0.25) is 5.02 Å². The van der Waals surface area contributed by atoms with Crippen LogP contribution in [-0.2, 0) is 22.3 Å². The van der Waals surface area contributed by atoms with E-state index in [2.05, 4.69) is 4.74 Å². The number of hydrogen-bond donors (Lipinski definition) is 0. The van der Waals surface area contributed by atoms with Gasteiger partial charge in [0.1, 0.15) is 11.5 Å². The topological polar surface area (TPSA) is 44.8 Å². The first kappa shape index (κ1) is 19.1. The number of esters is 1. The average Bonchev–Trinajstić information content (AvgIpc) is 2.55. The summed E-state index contributed by atoms with van der Waals surface area (Å²) in [7, 11) is 2.69. The van der Waals surface area contributed by atoms with Gasteiger partial charge in [-0.25, -0.2) is 4.79 Å². The van der Waals surface area contributed by atoms with Crippen LogP contribution < -0.4 is 4.74 Å². The van der Waals surface area contributed by atoms with Crippen LogP contribution in [0.4, 0.5) is 13.2 Å². The summed E-state index contributed by atoms with van der Waals surface area (Å²) in [6.45, 7) is 0.107. The van der Waals surface area contributed by atoms with Gasteiger partial charge in [0.25, 0.3) is 0 Å². The molecule has 0 radical (unpaired) electrons. The van der Waals surface area contributed by atoms with E-state index in [-0.39, 0.29) is 23.7 Å². The summed E-state index contributed by atoms with van der Waals surface area (Å²) in [6.07, 6.45) is -4.59. The second-order valence-electron chi connectivity index (χ2n) is 4.99. The zero-order valence-electron chi connectivity index (χ0n) is 13.3. The number of alkyl halides is 3. The monoisotopic (exact) mass is 374 g/mol. The van der Waals surface area contributed by atoms with Gasteiger partial charge in [0, 0.05) is 7.11 Å². The highest BCUT2D eigenvalue weighted by Crippen LogP contribution is 2.37. The number of methoxy groups -OCH3 is 2. The predicted octanol–water partition coefficient (Wildman–Crippen LogP) is 5.08. The molecule has 0 aliphatic rings. The van der Waals surface area contributed by atoms with Gasteiger partial charge >= 0.3 is 12.1 Å². The number of ether oxygens (including phenoxy) is 3. The normalized spacial score (nSPS) is 11.3. The summed E-state index contributed by atoms with van der Waals surface area (Å²) in [5, 5.41) is -0.416. The molecule has 8 heteroatoms.